The normalized spacial score (nSPS) is 11.1. The van der Waals surface area contributed by atoms with Gasteiger partial charge in [0.05, 0.1) is 18.9 Å². The van der Waals surface area contributed by atoms with Gasteiger partial charge in [-0.15, -0.1) is 0 Å². The number of amides is 3. The van der Waals surface area contributed by atoms with Crippen LogP contribution in [0.5, 0.6) is 5.75 Å². The molecule has 0 aliphatic carbocycles. The molecule has 42 heavy (non-hydrogen) atoms. The molecule has 0 unspecified atom stereocenters. The molecule has 0 saturated heterocycles. The zero-order valence-electron chi connectivity index (χ0n) is 23.4. The van der Waals surface area contributed by atoms with Gasteiger partial charge in [0.1, 0.15) is 5.75 Å². The topological polar surface area (TPSA) is 123 Å². The SMILES string of the molecule is COc1cc(NC(=O)C(=O)NC(C)(C)Cc2ccc(NC(=O)c3ccc4ccccc4c3)cc2)ccc1-c1cnco1. The molecule has 5 rings (SSSR count). The predicted molar refractivity (Wildman–Crippen MR) is 161 cm³/mol. The molecule has 0 saturated carbocycles. The van der Waals surface area contributed by atoms with E-state index in [-0.39, 0.29) is 5.91 Å². The molecule has 9 nitrogen and oxygen atoms in total. The summed E-state index contributed by atoms with van der Waals surface area (Å²) in [5, 5.41) is 10.4. The van der Waals surface area contributed by atoms with Gasteiger partial charge in [-0.05, 0) is 73.0 Å². The van der Waals surface area contributed by atoms with Gasteiger partial charge in [0, 0.05) is 28.5 Å². The third-order valence-electron chi connectivity index (χ3n) is 6.68. The Morgan fingerprint density at radius 3 is 2.29 bits per heavy atom. The van der Waals surface area contributed by atoms with Crippen molar-refractivity contribution in [2.24, 2.45) is 0 Å². The highest BCUT2D eigenvalue weighted by atomic mass is 16.5. The number of hydrogen-bond acceptors (Lipinski definition) is 6. The van der Waals surface area contributed by atoms with Crippen LogP contribution in [0.4, 0.5) is 11.4 Å². The van der Waals surface area contributed by atoms with Gasteiger partial charge in [-0.1, -0.05) is 42.5 Å². The second-order valence-corrected chi connectivity index (χ2v) is 10.5. The molecule has 0 bridgehead atoms. The zero-order chi connectivity index (χ0) is 29.7. The second-order valence-electron chi connectivity index (χ2n) is 10.5. The number of methoxy groups -OCH3 is 1. The lowest BCUT2D eigenvalue weighted by molar-refractivity contribution is -0.137. The lowest BCUT2D eigenvalue weighted by Crippen LogP contribution is -2.49. The molecule has 3 N–H and O–H groups in total. The molecule has 212 valence electrons. The van der Waals surface area contributed by atoms with E-state index in [1.807, 2.05) is 74.5 Å². The quantitative estimate of drug-likeness (QED) is 0.205. The summed E-state index contributed by atoms with van der Waals surface area (Å²) in [5.74, 6) is -0.786. The number of rotatable bonds is 8. The number of nitrogens with zero attached hydrogens (tertiary/aromatic N) is 1. The smallest absolute Gasteiger partial charge is 0.313 e. The number of ether oxygens (including phenoxy) is 1. The van der Waals surface area contributed by atoms with Crippen LogP contribution in [-0.4, -0.2) is 35.4 Å². The first-order chi connectivity index (χ1) is 20.2. The Morgan fingerprint density at radius 1 is 0.833 bits per heavy atom. The summed E-state index contributed by atoms with van der Waals surface area (Å²) in [6.45, 7) is 3.67. The summed E-state index contributed by atoms with van der Waals surface area (Å²) in [6, 6.07) is 25.8. The first-order valence-electron chi connectivity index (χ1n) is 13.3. The van der Waals surface area contributed by atoms with Gasteiger partial charge in [-0.25, -0.2) is 4.98 Å². The summed E-state index contributed by atoms with van der Waals surface area (Å²) >= 11 is 0. The molecule has 0 spiro atoms. The molecule has 0 atom stereocenters. The molecule has 1 heterocycles. The predicted octanol–water partition coefficient (Wildman–Crippen LogP) is 5.83. The maximum absolute atomic E-state index is 12.8. The van der Waals surface area contributed by atoms with Crippen molar-refractivity contribution in [3.8, 4) is 17.1 Å². The van der Waals surface area contributed by atoms with Crippen LogP contribution >= 0.6 is 0 Å². The van der Waals surface area contributed by atoms with Crippen LogP contribution < -0.4 is 20.7 Å². The minimum atomic E-state index is -0.802. The van der Waals surface area contributed by atoms with E-state index in [9.17, 15) is 14.4 Å². The Bertz CT molecular complexity index is 1740. The van der Waals surface area contributed by atoms with E-state index in [1.165, 1.54) is 13.5 Å². The van der Waals surface area contributed by atoms with Crippen molar-refractivity contribution in [1.82, 2.24) is 10.3 Å². The fourth-order valence-corrected chi connectivity index (χ4v) is 4.67. The summed E-state index contributed by atoms with van der Waals surface area (Å²) < 4.78 is 10.7. The largest absolute Gasteiger partial charge is 0.496 e. The third kappa shape index (κ3) is 6.64. The Labute approximate surface area is 242 Å². The molecule has 5 aromatic rings. The maximum atomic E-state index is 12.8. The average Bonchev–Trinajstić information content (AvgIpc) is 3.52. The monoisotopic (exact) mass is 562 g/mol. The fourth-order valence-electron chi connectivity index (χ4n) is 4.67. The van der Waals surface area contributed by atoms with Crippen LogP contribution in [-0.2, 0) is 16.0 Å². The van der Waals surface area contributed by atoms with Gasteiger partial charge in [0.2, 0.25) is 0 Å². The van der Waals surface area contributed by atoms with E-state index in [2.05, 4.69) is 20.9 Å². The van der Waals surface area contributed by atoms with E-state index >= 15 is 0 Å². The number of oxazole rings is 1. The van der Waals surface area contributed by atoms with Crippen LogP contribution in [0.2, 0.25) is 0 Å². The highest BCUT2D eigenvalue weighted by molar-refractivity contribution is 6.39. The molecular weight excluding hydrogens is 532 g/mol. The zero-order valence-corrected chi connectivity index (χ0v) is 23.4. The number of nitrogens with one attached hydrogen (secondary N) is 3. The summed E-state index contributed by atoms with van der Waals surface area (Å²) in [4.78, 5) is 42.1. The molecular formula is C33H30N4O5. The molecule has 0 aliphatic heterocycles. The number of hydrogen-bond donors (Lipinski definition) is 3. The van der Waals surface area contributed by atoms with E-state index in [0.717, 1.165) is 16.3 Å². The minimum absolute atomic E-state index is 0.197. The fraction of sp³-hybridized carbons (Fsp3) is 0.152. The van der Waals surface area contributed by atoms with Gasteiger partial charge in [-0.3, -0.25) is 14.4 Å². The van der Waals surface area contributed by atoms with E-state index < -0.39 is 17.4 Å². The highest BCUT2D eigenvalue weighted by Gasteiger charge is 2.25. The number of aromatic nitrogens is 1. The Kier molecular flexibility index (Phi) is 8.01. The maximum Gasteiger partial charge on any atom is 0.313 e. The lowest BCUT2D eigenvalue weighted by atomic mass is 9.94. The molecule has 3 amide bonds. The molecule has 0 aliphatic rings. The van der Waals surface area contributed by atoms with Crippen LogP contribution in [0.1, 0.15) is 29.8 Å². The van der Waals surface area contributed by atoms with E-state index in [1.54, 1.807) is 30.5 Å². The minimum Gasteiger partial charge on any atom is -0.496 e. The van der Waals surface area contributed by atoms with Gasteiger partial charge in [0.15, 0.2) is 12.2 Å². The van der Waals surface area contributed by atoms with Gasteiger partial charge >= 0.3 is 11.8 Å². The van der Waals surface area contributed by atoms with Crippen LogP contribution in [0.15, 0.2) is 102 Å². The number of fused-ring (bicyclic) bond motifs is 1. The van der Waals surface area contributed by atoms with Crippen molar-refractivity contribution in [2.75, 3.05) is 17.7 Å². The third-order valence-corrected chi connectivity index (χ3v) is 6.68. The van der Waals surface area contributed by atoms with Gasteiger partial charge in [0.25, 0.3) is 5.91 Å². The molecule has 0 radical (unpaired) electrons. The van der Waals surface area contributed by atoms with Crippen molar-refractivity contribution < 1.29 is 23.5 Å². The first kappa shape index (κ1) is 28.1. The first-order valence-corrected chi connectivity index (χ1v) is 13.3. The summed E-state index contributed by atoms with van der Waals surface area (Å²) in [6.07, 6.45) is 3.34. The van der Waals surface area contributed by atoms with E-state index in [4.69, 9.17) is 9.15 Å². The van der Waals surface area contributed by atoms with Crippen LogP contribution in [0.3, 0.4) is 0 Å². The van der Waals surface area contributed by atoms with Crippen molar-refractivity contribution >= 4 is 39.9 Å². The number of anilines is 2. The van der Waals surface area contributed by atoms with E-state index in [0.29, 0.717) is 40.4 Å². The Hall–Kier alpha value is -5.44. The Morgan fingerprint density at radius 2 is 1.57 bits per heavy atom. The highest BCUT2D eigenvalue weighted by Crippen LogP contribution is 2.32. The second kappa shape index (κ2) is 12.0. The number of carbonyl (C=O) groups excluding carboxylic acids is 3. The average molecular weight is 563 g/mol. The molecule has 4 aromatic carbocycles. The van der Waals surface area contributed by atoms with Gasteiger partial charge < -0.3 is 25.1 Å². The number of benzene rings is 4. The van der Waals surface area contributed by atoms with Crippen molar-refractivity contribution in [2.45, 2.75) is 25.8 Å². The van der Waals surface area contributed by atoms with Crippen molar-refractivity contribution in [3.63, 3.8) is 0 Å². The number of carbonyl (C=O) groups is 3. The van der Waals surface area contributed by atoms with Crippen LogP contribution in [0.25, 0.3) is 22.1 Å². The molecule has 0 fully saturated rings. The van der Waals surface area contributed by atoms with Gasteiger partial charge in [-0.2, -0.15) is 0 Å². The lowest BCUT2D eigenvalue weighted by Gasteiger charge is -2.26. The Balaban J connectivity index is 1.16. The van der Waals surface area contributed by atoms with Crippen LogP contribution in [0, 0.1) is 0 Å². The molecule has 9 heteroatoms. The molecule has 1 aromatic heterocycles. The summed E-state index contributed by atoms with van der Waals surface area (Å²) in [7, 11) is 1.50. The van der Waals surface area contributed by atoms with Crippen molar-refractivity contribution in [1.29, 1.82) is 0 Å². The summed E-state index contributed by atoms with van der Waals surface area (Å²) in [5.41, 5.74) is 2.49. The standard InChI is InChI=1S/C33H30N4O5/c1-33(2,37-32(40)31(39)36-26-14-15-27(28(17-26)41-3)29-19-34-20-42-29)18-21-8-12-25(13-9-21)35-30(38)24-11-10-22-6-4-5-7-23(22)16-24/h4-17,19-20H,18H2,1-3H3,(H,35,38)(H,36,39)(H,37,40). The van der Waals surface area contributed by atoms with Crippen molar-refractivity contribution in [3.05, 3.63) is 109 Å².